The molecule has 3 N–H and O–H groups in total. The van der Waals surface area contributed by atoms with E-state index in [1.807, 2.05) is 43.3 Å². The minimum Gasteiger partial charge on any atom is -0.359 e. The predicted molar refractivity (Wildman–Crippen MR) is 149 cm³/mol. The van der Waals surface area contributed by atoms with Crippen LogP contribution in [0, 0.1) is 0 Å². The number of thiophene rings is 1. The van der Waals surface area contributed by atoms with Gasteiger partial charge in [0, 0.05) is 28.0 Å². The van der Waals surface area contributed by atoms with E-state index >= 15 is 0 Å². The molecule has 5 aromatic heterocycles. The minimum atomic E-state index is 0.624. The van der Waals surface area contributed by atoms with Crippen LogP contribution in [0.3, 0.4) is 0 Å². The number of allylic oxidation sites excluding steroid dienone is 5. The summed E-state index contributed by atoms with van der Waals surface area (Å²) in [7, 11) is 0. The number of nitrogens with one attached hydrogen (secondary N) is 3. The highest BCUT2D eigenvalue weighted by Crippen LogP contribution is 2.32. The zero-order valence-electron chi connectivity index (χ0n) is 20.3. The van der Waals surface area contributed by atoms with Crippen LogP contribution in [0.1, 0.15) is 32.4 Å². The van der Waals surface area contributed by atoms with E-state index in [4.69, 9.17) is 9.97 Å². The Morgan fingerprint density at radius 2 is 2.08 bits per heavy atom. The Balaban J connectivity index is 1.54. The maximum Gasteiger partial charge on any atom is 0.178 e. The van der Waals surface area contributed by atoms with E-state index in [0.717, 1.165) is 62.5 Å². The number of aromatic nitrogens is 6. The van der Waals surface area contributed by atoms with Gasteiger partial charge in [-0.2, -0.15) is 5.10 Å². The van der Waals surface area contributed by atoms with Crippen LogP contribution in [0.5, 0.6) is 0 Å². The van der Waals surface area contributed by atoms with Crippen LogP contribution in [-0.2, 0) is 0 Å². The van der Waals surface area contributed by atoms with Crippen molar-refractivity contribution >= 4 is 39.1 Å². The zero-order chi connectivity index (χ0) is 25.1. The van der Waals surface area contributed by atoms with Gasteiger partial charge in [0.15, 0.2) is 17.2 Å². The van der Waals surface area contributed by atoms with Crippen LogP contribution >= 0.6 is 11.3 Å². The fourth-order valence-electron chi connectivity index (χ4n) is 4.07. The number of hydrogen-bond acceptors (Lipinski definition) is 6. The zero-order valence-corrected chi connectivity index (χ0v) is 21.1. The molecule has 0 atom stereocenters. The molecular formula is C28H27N7S. The second kappa shape index (κ2) is 10.1. The summed E-state index contributed by atoms with van der Waals surface area (Å²) < 4.78 is 0. The SMILES string of the molecule is C=C/C(=C\C(=C/C)c1ccc2[nH]nc(-c3nc4nccc(-c5cccs5)c4[nH]3)c2n1)NC(=C)CCC. The van der Waals surface area contributed by atoms with Gasteiger partial charge in [-0.1, -0.05) is 38.6 Å². The average Bonchev–Trinajstić information content (AvgIpc) is 3.65. The number of H-pyrrole nitrogens is 2. The largest absolute Gasteiger partial charge is 0.359 e. The monoisotopic (exact) mass is 493 g/mol. The third-order valence-corrected chi connectivity index (χ3v) is 6.72. The maximum atomic E-state index is 4.96. The standard InChI is InChI=1S/C28H27N7S/c1-5-9-17(4)30-19(7-3)16-18(6-2)21-11-12-22-25(31-21)26(35-34-22)28-32-24-20(23-10-8-15-36-23)13-14-29-27(24)33-28/h6-8,10-16,30H,3-5,9H2,1-2H3,(H,34,35)(H,29,32,33)/b18-6+,19-16+. The summed E-state index contributed by atoms with van der Waals surface area (Å²) in [5.74, 6) is 0.624. The summed E-state index contributed by atoms with van der Waals surface area (Å²) in [6, 6.07) is 10.1. The number of rotatable bonds is 9. The highest BCUT2D eigenvalue weighted by Gasteiger charge is 2.17. The third kappa shape index (κ3) is 4.50. The Labute approximate surface area is 213 Å². The molecule has 0 amide bonds. The second-order valence-electron chi connectivity index (χ2n) is 8.31. The lowest BCUT2D eigenvalue weighted by atomic mass is 10.1. The lowest BCUT2D eigenvalue weighted by Crippen LogP contribution is -2.10. The minimum absolute atomic E-state index is 0.624. The first-order chi connectivity index (χ1) is 17.6. The summed E-state index contributed by atoms with van der Waals surface area (Å²) >= 11 is 1.68. The number of nitrogens with zero attached hydrogens (tertiary/aromatic N) is 4. The number of pyridine rings is 2. The van der Waals surface area contributed by atoms with Crippen molar-refractivity contribution in [3.05, 3.63) is 90.4 Å². The van der Waals surface area contributed by atoms with Crippen molar-refractivity contribution in [2.75, 3.05) is 0 Å². The highest BCUT2D eigenvalue weighted by atomic mass is 32.1. The van der Waals surface area contributed by atoms with Gasteiger partial charge in [0.25, 0.3) is 0 Å². The highest BCUT2D eigenvalue weighted by molar-refractivity contribution is 7.13. The molecule has 0 aromatic carbocycles. The molecule has 7 nitrogen and oxygen atoms in total. The van der Waals surface area contributed by atoms with E-state index in [-0.39, 0.29) is 0 Å². The molecule has 180 valence electrons. The molecule has 0 fully saturated rings. The molecule has 8 heteroatoms. The van der Waals surface area contributed by atoms with Crippen LogP contribution in [0.15, 0.2) is 84.7 Å². The van der Waals surface area contributed by atoms with E-state index in [9.17, 15) is 0 Å². The predicted octanol–water partition coefficient (Wildman–Crippen LogP) is 7.00. The van der Waals surface area contributed by atoms with Crippen molar-refractivity contribution in [2.45, 2.75) is 26.7 Å². The van der Waals surface area contributed by atoms with Gasteiger partial charge in [0.05, 0.1) is 16.7 Å². The van der Waals surface area contributed by atoms with Gasteiger partial charge in [-0.15, -0.1) is 11.3 Å². The van der Waals surface area contributed by atoms with E-state index < -0.39 is 0 Å². The first-order valence-corrected chi connectivity index (χ1v) is 12.7. The summed E-state index contributed by atoms with van der Waals surface area (Å²) in [5, 5.41) is 13.0. The first kappa shape index (κ1) is 23.4. The summed E-state index contributed by atoms with van der Waals surface area (Å²) in [6.45, 7) is 12.2. The molecule has 0 aliphatic heterocycles. The molecule has 0 saturated heterocycles. The van der Waals surface area contributed by atoms with Gasteiger partial charge in [-0.05, 0) is 60.7 Å². The van der Waals surface area contributed by atoms with Gasteiger partial charge in [0.2, 0.25) is 0 Å². The van der Waals surface area contributed by atoms with Crippen molar-refractivity contribution in [1.29, 1.82) is 0 Å². The Morgan fingerprint density at radius 3 is 2.83 bits per heavy atom. The van der Waals surface area contributed by atoms with Crippen LogP contribution in [0.25, 0.3) is 49.7 Å². The summed E-state index contributed by atoms with van der Waals surface area (Å²) in [5.41, 5.74) is 8.44. The van der Waals surface area contributed by atoms with E-state index in [1.165, 1.54) is 0 Å². The number of hydrogen-bond donors (Lipinski definition) is 3. The van der Waals surface area contributed by atoms with Crippen molar-refractivity contribution in [2.24, 2.45) is 0 Å². The molecule has 0 aliphatic rings. The Hall–Kier alpha value is -4.30. The van der Waals surface area contributed by atoms with E-state index in [0.29, 0.717) is 17.2 Å². The van der Waals surface area contributed by atoms with Crippen molar-refractivity contribution in [1.82, 2.24) is 35.5 Å². The molecular weight excluding hydrogens is 466 g/mol. The maximum absolute atomic E-state index is 4.96. The number of fused-ring (bicyclic) bond motifs is 2. The molecule has 0 radical (unpaired) electrons. The molecule has 0 spiro atoms. The molecule has 36 heavy (non-hydrogen) atoms. The molecule has 5 rings (SSSR count). The van der Waals surface area contributed by atoms with E-state index in [2.05, 4.69) is 57.0 Å². The van der Waals surface area contributed by atoms with Crippen molar-refractivity contribution in [3.8, 4) is 22.0 Å². The Kier molecular flexibility index (Phi) is 6.60. The molecule has 0 bridgehead atoms. The average molecular weight is 494 g/mol. The normalized spacial score (nSPS) is 12.4. The topological polar surface area (TPSA) is 95.2 Å². The van der Waals surface area contributed by atoms with Gasteiger partial charge < -0.3 is 10.3 Å². The van der Waals surface area contributed by atoms with E-state index in [1.54, 1.807) is 23.6 Å². The lowest BCUT2D eigenvalue weighted by molar-refractivity contribution is 0.829. The van der Waals surface area contributed by atoms with Crippen LogP contribution in [0.2, 0.25) is 0 Å². The number of imidazole rings is 1. The molecule has 0 saturated carbocycles. The van der Waals surface area contributed by atoms with Crippen LogP contribution < -0.4 is 5.32 Å². The quantitative estimate of drug-likeness (QED) is 0.192. The Bertz CT molecular complexity index is 1620. The third-order valence-electron chi connectivity index (χ3n) is 5.82. The van der Waals surface area contributed by atoms with Crippen LogP contribution in [0.4, 0.5) is 0 Å². The fourth-order valence-corrected chi connectivity index (χ4v) is 4.83. The van der Waals surface area contributed by atoms with Crippen molar-refractivity contribution in [3.63, 3.8) is 0 Å². The van der Waals surface area contributed by atoms with Crippen molar-refractivity contribution < 1.29 is 0 Å². The summed E-state index contributed by atoms with van der Waals surface area (Å²) in [6.07, 6.45) is 9.56. The molecule has 0 unspecified atom stereocenters. The van der Waals surface area contributed by atoms with Gasteiger partial charge in [-0.25, -0.2) is 15.0 Å². The fraction of sp³-hybridized carbons (Fsp3) is 0.143. The Morgan fingerprint density at radius 1 is 1.19 bits per heavy atom. The van der Waals surface area contributed by atoms with Gasteiger partial charge in [0.1, 0.15) is 5.52 Å². The molecule has 5 heterocycles. The van der Waals surface area contributed by atoms with Crippen LogP contribution in [-0.4, -0.2) is 30.1 Å². The second-order valence-corrected chi connectivity index (χ2v) is 9.26. The van der Waals surface area contributed by atoms with Gasteiger partial charge >= 0.3 is 0 Å². The molecule has 0 aliphatic carbocycles. The summed E-state index contributed by atoms with van der Waals surface area (Å²) in [4.78, 5) is 18.8. The first-order valence-electron chi connectivity index (χ1n) is 11.8. The molecule has 5 aromatic rings. The smallest absolute Gasteiger partial charge is 0.178 e. The lowest BCUT2D eigenvalue weighted by Gasteiger charge is -2.11. The number of aromatic amines is 2. The van der Waals surface area contributed by atoms with Gasteiger partial charge in [-0.3, -0.25) is 5.10 Å².